The first kappa shape index (κ1) is 13.8. The first-order valence-electron chi connectivity index (χ1n) is 6.83. The Kier molecular flexibility index (Phi) is 4.74. The van der Waals surface area contributed by atoms with Crippen LogP contribution in [-0.2, 0) is 4.79 Å². The molecular formula is C16H21NO2. The van der Waals surface area contributed by atoms with E-state index in [9.17, 15) is 4.79 Å². The predicted octanol–water partition coefficient (Wildman–Crippen LogP) is 2.24. The molecule has 1 unspecified atom stereocenters. The summed E-state index contributed by atoms with van der Waals surface area (Å²) in [4.78, 5) is 13.9. The maximum Gasteiger partial charge on any atom is 0.246 e. The van der Waals surface area contributed by atoms with Crippen LogP contribution in [0.4, 0.5) is 0 Å². The van der Waals surface area contributed by atoms with Gasteiger partial charge in [-0.15, -0.1) is 0 Å². The lowest BCUT2D eigenvalue weighted by Gasteiger charge is -2.13. The zero-order chi connectivity index (χ0) is 13.7. The van der Waals surface area contributed by atoms with Crippen molar-refractivity contribution in [3.63, 3.8) is 0 Å². The second-order valence-corrected chi connectivity index (χ2v) is 5.20. The summed E-state index contributed by atoms with van der Waals surface area (Å²) in [6.45, 7) is 3.84. The van der Waals surface area contributed by atoms with Crippen molar-refractivity contribution in [2.45, 2.75) is 19.8 Å². The second kappa shape index (κ2) is 6.53. The average Bonchev–Trinajstić information content (AvgIpc) is 2.87. The molecule has 2 rings (SSSR count). The first-order chi connectivity index (χ1) is 9.19. The van der Waals surface area contributed by atoms with E-state index in [0.29, 0.717) is 5.92 Å². The third-order valence-electron chi connectivity index (χ3n) is 3.63. The summed E-state index contributed by atoms with van der Waals surface area (Å²) in [5.41, 5.74) is 2.26. The summed E-state index contributed by atoms with van der Waals surface area (Å²) in [7, 11) is 0. The van der Waals surface area contributed by atoms with Crippen LogP contribution in [0.25, 0.3) is 6.08 Å². The van der Waals surface area contributed by atoms with Crippen molar-refractivity contribution in [1.29, 1.82) is 0 Å². The van der Waals surface area contributed by atoms with Gasteiger partial charge in [-0.05, 0) is 37.3 Å². The standard InChI is InChI=1S/C16H21NO2/c1-13-2-4-14(5-3-13)6-7-16(19)17-10-8-15(12-17)9-11-18/h2-7,15,18H,8-12H2,1H3/b7-6+. The van der Waals surface area contributed by atoms with E-state index in [1.54, 1.807) is 6.08 Å². The number of aliphatic hydroxyl groups is 1. The molecule has 0 aliphatic carbocycles. The predicted molar refractivity (Wildman–Crippen MR) is 76.6 cm³/mol. The smallest absolute Gasteiger partial charge is 0.246 e. The number of carbonyl (C=O) groups is 1. The van der Waals surface area contributed by atoms with E-state index >= 15 is 0 Å². The molecule has 3 nitrogen and oxygen atoms in total. The fraction of sp³-hybridized carbons (Fsp3) is 0.438. The zero-order valence-electron chi connectivity index (χ0n) is 11.4. The molecule has 1 aromatic rings. The van der Waals surface area contributed by atoms with Crippen LogP contribution in [0.3, 0.4) is 0 Å². The SMILES string of the molecule is Cc1ccc(/C=C/C(=O)N2CCC(CCO)C2)cc1. The molecular weight excluding hydrogens is 238 g/mol. The minimum Gasteiger partial charge on any atom is -0.396 e. The maximum absolute atomic E-state index is 12.0. The van der Waals surface area contributed by atoms with Gasteiger partial charge in [0.2, 0.25) is 5.91 Å². The van der Waals surface area contributed by atoms with Crippen molar-refractivity contribution in [3.8, 4) is 0 Å². The van der Waals surface area contributed by atoms with Crippen molar-refractivity contribution in [2.24, 2.45) is 5.92 Å². The minimum atomic E-state index is 0.0704. The molecule has 0 saturated carbocycles. The molecule has 0 spiro atoms. The van der Waals surface area contributed by atoms with Crippen LogP contribution in [0.1, 0.15) is 24.0 Å². The van der Waals surface area contributed by atoms with Gasteiger partial charge in [0.1, 0.15) is 0 Å². The number of hydrogen-bond acceptors (Lipinski definition) is 2. The largest absolute Gasteiger partial charge is 0.396 e. The molecule has 0 bridgehead atoms. The van der Waals surface area contributed by atoms with E-state index in [1.807, 2.05) is 42.2 Å². The zero-order valence-corrected chi connectivity index (χ0v) is 11.4. The molecule has 3 heteroatoms. The Morgan fingerprint density at radius 1 is 1.42 bits per heavy atom. The van der Waals surface area contributed by atoms with Crippen molar-refractivity contribution in [1.82, 2.24) is 4.90 Å². The molecule has 0 aromatic heterocycles. The first-order valence-corrected chi connectivity index (χ1v) is 6.83. The van der Waals surface area contributed by atoms with E-state index in [1.165, 1.54) is 5.56 Å². The summed E-state index contributed by atoms with van der Waals surface area (Å²) in [6, 6.07) is 8.10. The fourth-order valence-electron chi connectivity index (χ4n) is 2.40. The third-order valence-corrected chi connectivity index (χ3v) is 3.63. The van der Waals surface area contributed by atoms with Crippen molar-refractivity contribution < 1.29 is 9.90 Å². The number of amides is 1. The maximum atomic E-state index is 12.0. The summed E-state index contributed by atoms with van der Waals surface area (Å²) >= 11 is 0. The molecule has 1 fully saturated rings. The Hall–Kier alpha value is -1.61. The van der Waals surface area contributed by atoms with Crippen LogP contribution < -0.4 is 0 Å². The molecule has 1 N–H and O–H groups in total. The minimum absolute atomic E-state index is 0.0704. The van der Waals surface area contributed by atoms with Gasteiger partial charge in [0, 0.05) is 25.8 Å². The van der Waals surface area contributed by atoms with Gasteiger partial charge < -0.3 is 10.0 Å². The highest BCUT2D eigenvalue weighted by atomic mass is 16.3. The van der Waals surface area contributed by atoms with Crippen molar-refractivity contribution in [3.05, 3.63) is 41.5 Å². The summed E-state index contributed by atoms with van der Waals surface area (Å²) in [6.07, 6.45) is 5.31. The monoisotopic (exact) mass is 259 g/mol. The lowest BCUT2D eigenvalue weighted by molar-refractivity contribution is -0.125. The van der Waals surface area contributed by atoms with E-state index in [4.69, 9.17) is 5.11 Å². The number of carbonyl (C=O) groups excluding carboxylic acids is 1. The molecule has 19 heavy (non-hydrogen) atoms. The molecule has 1 atom stereocenters. The lowest BCUT2D eigenvalue weighted by atomic mass is 10.1. The van der Waals surface area contributed by atoms with Gasteiger partial charge in [-0.1, -0.05) is 29.8 Å². The number of aliphatic hydroxyl groups excluding tert-OH is 1. The highest BCUT2D eigenvalue weighted by Crippen LogP contribution is 2.19. The summed E-state index contributed by atoms with van der Waals surface area (Å²) < 4.78 is 0. The highest BCUT2D eigenvalue weighted by molar-refractivity contribution is 5.91. The molecule has 102 valence electrons. The summed E-state index contributed by atoms with van der Waals surface area (Å²) in [5.74, 6) is 0.530. The molecule has 1 aromatic carbocycles. The highest BCUT2D eigenvalue weighted by Gasteiger charge is 2.24. The number of hydrogen-bond donors (Lipinski definition) is 1. The Bertz CT molecular complexity index is 450. The van der Waals surface area contributed by atoms with Gasteiger partial charge in [0.05, 0.1) is 0 Å². The molecule has 1 aliphatic heterocycles. The van der Waals surface area contributed by atoms with Gasteiger partial charge in [0.25, 0.3) is 0 Å². The quantitative estimate of drug-likeness (QED) is 0.842. The normalized spacial score (nSPS) is 19.3. The van der Waals surface area contributed by atoms with Crippen LogP contribution in [0.15, 0.2) is 30.3 Å². The number of benzene rings is 1. The van der Waals surface area contributed by atoms with Gasteiger partial charge in [0.15, 0.2) is 0 Å². The second-order valence-electron chi connectivity index (χ2n) is 5.20. The van der Waals surface area contributed by atoms with Gasteiger partial charge in [-0.3, -0.25) is 4.79 Å². The average molecular weight is 259 g/mol. The number of rotatable bonds is 4. The molecule has 1 amide bonds. The van der Waals surface area contributed by atoms with Gasteiger partial charge in [-0.2, -0.15) is 0 Å². The van der Waals surface area contributed by atoms with E-state index in [0.717, 1.165) is 31.5 Å². The van der Waals surface area contributed by atoms with E-state index in [2.05, 4.69) is 0 Å². The van der Waals surface area contributed by atoms with Crippen LogP contribution >= 0.6 is 0 Å². The molecule has 1 saturated heterocycles. The van der Waals surface area contributed by atoms with Crippen molar-refractivity contribution in [2.75, 3.05) is 19.7 Å². The van der Waals surface area contributed by atoms with E-state index < -0.39 is 0 Å². The van der Waals surface area contributed by atoms with Crippen molar-refractivity contribution >= 4 is 12.0 Å². The van der Waals surface area contributed by atoms with Crippen LogP contribution in [0.2, 0.25) is 0 Å². The lowest BCUT2D eigenvalue weighted by Crippen LogP contribution is -2.26. The molecule has 0 radical (unpaired) electrons. The van der Waals surface area contributed by atoms with Crippen LogP contribution in [0, 0.1) is 12.8 Å². The van der Waals surface area contributed by atoms with Crippen LogP contribution in [0.5, 0.6) is 0 Å². The Morgan fingerprint density at radius 3 is 2.84 bits per heavy atom. The Balaban J connectivity index is 1.89. The van der Waals surface area contributed by atoms with Crippen LogP contribution in [-0.4, -0.2) is 35.6 Å². The molecule has 1 aliphatic rings. The fourth-order valence-corrected chi connectivity index (χ4v) is 2.40. The number of aryl methyl sites for hydroxylation is 1. The van der Waals surface area contributed by atoms with E-state index in [-0.39, 0.29) is 12.5 Å². The third kappa shape index (κ3) is 3.93. The Labute approximate surface area is 114 Å². The molecule has 1 heterocycles. The number of nitrogens with zero attached hydrogens (tertiary/aromatic N) is 1. The Morgan fingerprint density at radius 2 is 2.16 bits per heavy atom. The van der Waals surface area contributed by atoms with Gasteiger partial charge in [-0.25, -0.2) is 0 Å². The number of likely N-dealkylation sites (tertiary alicyclic amines) is 1. The summed E-state index contributed by atoms with van der Waals surface area (Å²) in [5, 5.41) is 8.91. The van der Waals surface area contributed by atoms with Gasteiger partial charge >= 0.3 is 0 Å². The topological polar surface area (TPSA) is 40.5 Å².